The van der Waals surface area contributed by atoms with Gasteiger partial charge in [-0.25, -0.2) is 13.5 Å². The van der Waals surface area contributed by atoms with Gasteiger partial charge in [0.2, 0.25) is 0 Å². The maximum Gasteiger partial charge on any atom is 0.278 e. The van der Waals surface area contributed by atoms with Crippen LogP contribution in [0.1, 0.15) is 33.7 Å². The summed E-state index contributed by atoms with van der Waals surface area (Å²) >= 11 is 3.43. The second-order valence-corrected chi connectivity index (χ2v) is 7.85. The number of amides is 1. The third kappa shape index (κ3) is 3.13. The van der Waals surface area contributed by atoms with E-state index in [1.807, 2.05) is 25.1 Å². The fraction of sp³-hybridized carbons (Fsp3) is 0.238. The van der Waals surface area contributed by atoms with Crippen molar-refractivity contribution in [3.8, 4) is 5.69 Å². The van der Waals surface area contributed by atoms with E-state index in [0.29, 0.717) is 11.4 Å². The minimum atomic E-state index is -0.935. The van der Waals surface area contributed by atoms with E-state index >= 15 is 0 Å². The SMILES string of the molecule is Cc1cc(Br)ccc1N(C)C(=O)c1nn(-c2ccc(F)c(F)c2)c2c1CCC2. The lowest BCUT2D eigenvalue weighted by atomic mass is 10.1. The predicted molar refractivity (Wildman–Crippen MR) is 107 cm³/mol. The Hall–Kier alpha value is -2.54. The van der Waals surface area contributed by atoms with Gasteiger partial charge >= 0.3 is 0 Å². The predicted octanol–water partition coefficient (Wildman–Crippen LogP) is 4.99. The van der Waals surface area contributed by atoms with Crippen LogP contribution in [0.4, 0.5) is 14.5 Å². The Kier molecular flexibility index (Phi) is 4.79. The smallest absolute Gasteiger partial charge is 0.278 e. The minimum Gasteiger partial charge on any atom is -0.310 e. The Morgan fingerprint density at radius 2 is 1.93 bits per heavy atom. The largest absolute Gasteiger partial charge is 0.310 e. The van der Waals surface area contributed by atoms with Crippen molar-refractivity contribution in [2.45, 2.75) is 26.2 Å². The summed E-state index contributed by atoms with van der Waals surface area (Å²) in [4.78, 5) is 14.8. The van der Waals surface area contributed by atoms with Crippen molar-refractivity contribution < 1.29 is 13.6 Å². The molecule has 0 radical (unpaired) electrons. The fourth-order valence-corrected chi connectivity index (χ4v) is 4.18. The number of carbonyl (C=O) groups is 1. The molecule has 0 N–H and O–H groups in total. The van der Waals surface area contributed by atoms with Gasteiger partial charge in [-0.2, -0.15) is 5.10 Å². The summed E-state index contributed by atoms with van der Waals surface area (Å²) in [5, 5.41) is 4.49. The molecule has 7 heteroatoms. The number of aromatic nitrogens is 2. The summed E-state index contributed by atoms with van der Waals surface area (Å²) in [6, 6.07) is 9.37. The molecule has 0 saturated carbocycles. The van der Waals surface area contributed by atoms with E-state index < -0.39 is 11.6 Å². The molecule has 28 heavy (non-hydrogen) atoms. The summed E-state index contributed by atoms with van der Waals surface area (Å²) in [6.45, 7) is 1.94. The molecule has 4 nitrogen and oxygen atoms in total. The van der Waals surface area contributed by atoms with Gasteiger partial charge in [0.25, 0.3) is 5.91 Å². The molecule has 1 aromatic heterocycles. The number of carbonyl (C=O) groups excluding carboxylic acids is 1. The number of nitrogens with zero attached hydrogens (tertiary/aromatic N) is 3. The number of aryl methyl sites for hydroxylation is 1. The van der Waals surface area contributed by atoms with Gasteiger partial charge in [0.05, 0.1) is 5.69 Å². The molecule has 0 fully saturated rings. The highest BCUT2D eigenvalue weighted by molar-refractivity contribution is 9.10. The molecule has 0 aliphatic heterocycles. The highest BCUT2D eigenvalue weighted by atomic mass is 79.9. The topological polar surface area (TPSA) is 38.1 Å². The highest BCUT2D eigenvalue weighted by Crippen LogP contribution is 2.31. The van der Waals surface area contributed by atoms with Crippen LogP contribution < -0.4 is 4.90 Å². The Morgan fingerprint density at radius 1 is 1.14 bits per heavy atom. The Bertz CT molecular complexity index is 1090. The number of rotatable bonds is 3. The summed E-state index contributed by atoms with van der Waals surface area (Å²) in [5.41, 5.74) is 4.30. The summed E-state index contributed by atoms with van der Waals surface area (Å²) < 4.78 is 29.5. The van der Waals surface area contributed by atoms with E-state index in [0.717, 1.165) is 58.4 Å². The molecule has 2 aromatic carbocycles. The van der Waals surface area contributed by atoms with Crippen LogP contribution in [0.15, 0.2) is 40.9 Å². The van der Waals surface area contributed by atoms with Crippen LogP contribution in [-0.2, 0) is 12.8 Å². The average molecular weight is 446 g/mol. The molecule has 3 aromatic rings. The summed E-state index contributed by atoms with van der Waals surface area (Å²) in [6.07, 6.45) is 2.39. The lowest BCUT2D eigenvalue weighted by molar-refractivity contribution is 0.0987. The van der Waals surface area contributed by atoms with Crippen LogP contribution in [0.2, 0.25) is 0 Å². The van der Waals surface area contributed by atoms with Crippen molar-refractivity contribution in [1.29, 1.82) is 0 Å². The molecule has 0 saturated heterocycles. The van der Waals surface area contributed by atoms with E-state index in [4.69, 9.17) is 0 Å². The van der Waals surface area contributed by atoms with Gasteiger partial charge in [-0.3, -0.25) is 4.79 Å². The van der Waals surface area contributed by atoms with Crippen LogP contribution in [0, 0.1) is 18.6 Å². The summed E-state index contributed by atoms with van der Waals surface area (Å²) in [5.74, 6) is -2.06. The number of hydrogen-bond donors (Lipinski definition) is 0. The normalized spacial score (nSPS) is 12.9. The van der Waals surface area contributed by atoms with E-state index in [2.05, 4.69) is 21.0 Å². The van der Waals surface area contributed by atoms with E-state index in [-0.39, 0.29) is 5.91 Å². The molecule has 0 unspecified atom stereocenters. The molecule has 1 aliphatic carbocycles. The number of anilines is 1. The number of hydrogen-bond acceptors (Lipinski definition) is 2. The van der Waals surface area contributed by atoms with Crippen LogP contribution in [0.3, 0.4) is 0 Å². The fourth-order valence-electron chi connectivity index (χ4n) is 3.70. The third-order valence-electron chi connectivity index (χ3n) is 5.11. The van der Waals surface area contributed by atoms with Gasteiger partial charge in [0.1, 0.15) is 0 Å². The highest BCUT2D eigenvalue weighted by Gasteiger charge is 2.29. The summed E-state index contributed by atoms with van der Waals surface area (Å²) in [7, 11) is 1.72. The van der Waals surface area contributed by atoms with E-state index in [9.17, 15) is 13.6 Å². The lowest BCUT2D eigenvalue weighted by Crippen LogP contribution is -2.28. The third-order valence-corrected chi connectivity index (χ3v) is 5.60. The molecule has 0 atom stereocenters. The van der Waals surface area contributed by atoms with Crippen molar-refractivity contribution in [2.75, 3.05) is 11.9 Å². The Balaban J connectivity index is 1.76. The molecule has 0 bridgehead atoms. The first kappa shape index (κ1) is 18.8. The van der Waals surface area contributed by atoms with Crippen LogP contribution >= 0.6 is 15.9 Å². The molecule has 1 amide bonds. The quantitative estimate of drug-likeness (QED) is 0.569. The van der Waals surface area contributed by atoms with Gasteiger partial charge in [-0.05, 0) is 62.1 Å². The van der Waals surface area contributed by atoms with Crippen molar-refractivity contribution in [1.82, 2.24) is 9.78 Å². The molecule has 0 spiro atoms. The second kappa shape index (κ2) is 7.13. The van der Waals surface area contributed by atoms with Crippen molar-refractivity contribution in [3.05, 3.63) is 75.0 Å². The Morgan fingerprint density at radius 3 is 2.64 bits per heavy atom. The van der Waals surface area contributed by atoms with Crippen molar-refractivity contribution >= 4 is 27.5 Å². The van der Waals surface area contributed by atoms with Gasteiger partial charge in [0.15, 0.2) is 17.3 Å². The molecular weight excluding hydrogens is 428 g/mol. The maximum absolute atomic E-state index is 13.7. The number of fused-ring (bicyclic) bond motifs is 1. The lowest BCUT2D eigenvalue weighted by Gasteiger charge is -2.19. The molecule has 1 heterocycles. The van der Waals surface area contributed by atoms with E-state index in [1.165, 1.54) is 6.07 Å². The van der Waals surface area contributed by atoms with Gasteiger partial charge < -0.3 is 4.90 Å². The molecule has 144 valence electrons. The first-order valence-corrected chi connectivity index (χ1v) is 9.76. The van der Waals surface area contributed by atoms with Gasteiger partial charge in [-0.15, -0.1) is 0 Å². The Labute approximate surface area is 169 Å². The van der Waals surface area contributed by atoms with Gasteiger partial charge in [-0.1, -0.05) is 15.9 Å². The molecule has 1 aliphatic rings. The van der Waals surface area contributed by atoms with Crippen LogP contribution in [0.5, 0.6) is 0 Å². The monoisotopic (exact) mass is 445 g/mol. The van der Waals surface area contributed by atoms with E-state index in [1.54, 1.807) is 16.6 Å². The molecule has 4 rings (SSSR count). The number of benzene rings is 2. The second-order valence-electron chi connectivity index (χ2n) is 6.93. The van der Waals surface area contributed by atoms with Crippen LogP contribution in [-0.4, -0.2) is 22.7 Å². The first-order chi connectivity index (χ1) is 13.4. The number of halogens is 3. The van der Waals surface area contributed by atoms with Crippen molar-refractivity contribution in [2.24, 2.45) is 0 Å². The van der Waals surface area contributed by atoms with Crippen LogP contribution in [0.25, 0.3) is 5.69 Å². The molecular formula is C21H18BrF2N3O. The zero-order chi connectivity index (χ0) is 20.0. The zero-order valence-electron chi connectivity index (χ0n) is 15.5. The standard InChI is InChI=1S/C21H18BrF2N3O/c1-12-10-13(22)6-9-18(12)26(2)21(28)20-15-4-3-5-19(15)27(25-20)14-7-8-16(23)17(24)11-14/h6-11H,3-5H2,1-2H3. The first-order valence-electron chi connectivity index (χ1n) is 8.97. The van der Waals surface area contributed by atoms with Gasteiger partial charge in [0, 0.05) is 34.5 Å². The zero-order valence-corrected chi connectivity index (χ0v) is 17.1. The maximum atomic E-state index is 13.7. The minimum absolute atomic E-state index is 0.218. The average Bonchev–Trinajstić information content (AvgIpc) is 3.25. The van der Waals surface area contributed by atoms with Crippen molar-refractivity contribution in [3.63, 3.8) is 0 Å².